The van der Waals surface area contributed by atoms with Gasteiger partial charge in [0.2, 0.25) is 0 Å². The Labute approximate surface area is 99.8 Å². The predicted octanol–water partition coefficient (Wildman–Crippen LogP) is 2.86. The summed E-state index contributed by atoms with van der Waals surface area (Å²) in [6.45, 7) is 0.919. The minimum absolute atomic E-state index is 0.237. The van der Waals surface area contributed by atoms with Crippen LogP contribution in [0.3, 0.4) is 0 Å². The minimum atomic E-state index is -0.237. The molecule has 0 aromatic heterocycles. The molecule has 2 rings (SSSR count). The van der Waals surface area contributed by atoms with E-state index >= 15 is 0 Å². The first-order valence-electron chi connectivity index (χ1n) is 5.44. The number of benzene rings is 2. The van der Waals surface area contributed by atoms with E-state index in [2.05, 4.69) is 0 Å². The summed E-state index contributed by atoms with van der Waals surface area (Å²) in [6.07, 6.45) is 0. The smallest absolute Gasteiger partial charge is 0.123 e. The zero-order chi connectivity index (χ0) is 12.1. The van der Waals surface area contributed by atoms with Crippen molar-refractivity contribution in [3.63, 3.8) is 0 Å². The maximum Gasteiger partial charge on any atom is 0.123 e. The summed E-state index contributed by atoms with van der Waals surface area (Å²) in [5.41, 5.74) is 7.51. The molecule has 0 aliphatic heterocycles. The van der Waals surface area contributed by atoms with E-state index in [0.29, 0.717) is 13.2 Å². The summed E-state index contributed by atoms with van der Waals surface area (Å²) >= 11 is 0. The Balaban J connectivity index is 1.99. The molecule has 0 radical (unpaired) electrons. The summed E-state index contributed by atoms with van der Waals surface area (Å²) < 4.78 is 18.3. The van der Waals surface area contributed by atoms with E-state index in [1.165, 1.54) is 12.1 Å². The minimum Gasteiger partial charge on any atom is -0.489 e. The van der Waals surface area contributed by atoms with Gasteiger partial charge in [0.05, 0.1) is 0 Å². The van der Waals surface area contributed by atoms with Gasteiger partial charge in [0.15, 0.2) is 0 Å². The third-order valence-corrected chi connectivity index (χ3v) is 2.45. The number of hydrogen-bond acceptors (Lipinski definition) is 2. The van der Waals surface area contributed by atoms with Gasteiger partial charge >= 0.3 is 0 Å². The highest BCUT2D eigenvalue weighted by molar-refractivity contribution is 5.28. The van der Waals surface area contributed by atoms with Crippen molar-refractivity contribution in [3.8, 4) is 5.75 Å². The second-order valence-corrected chi connectivity index (χ2v) is 3.77. The lowest BCUT2D eigenvalue weighted by molar-refractivity contribution is 0.306. The van der Waals surface area contributed by atoms with Crippen LogP contribution in [0.15, 0.2) is 48.5 Å². The third kappa shape index (κ3) is 3.29. The van der Waals surface area contributed by atoms with Crippen molar-refractivity contribution in [2.24, 2.45) is 5.73 Å². The van der Waals surface area contributed by atoms with E-state index in [1.807, 2.05) is 24.3 Å². The number of halogens is 1. The molecule has 0 aliphatic rings. The molecule has 2 nitrogen and oxygen atoms in total. The highest BCUT2D eigenvalue weighted by atomic mass is 19.1. The number of hydrogen-bond donors (Lipinski definition) is 1. The van der Waals surface area contributed by atoms with Gasteiger partial charge in [-0.2, -0.15) is 0 Å². The molecule has 0 saturated heterocycles. The second kappa shape index (κ2) is 5.46. The zero-order valence-corrected chi connectivity index (χ0v) is 9.40. The standard InChI is InChI=1S/C14H14FNO/c15-13-6-4-11(5-7-13)10-17-14-3-1-2-12(8-14)9-16/h1-8H,9-10,16H2. The number of ether oxygens (including phenoxy) is 1. The van der Waals surface area contributed by atoms with Crippen LogP contribution in [-0.2, 0) is 13.2 Å². The fourth-order valence-electron chi connectivity index (χ4n) is 1.51. The van der Waals surface area contributed by atoms with Crippen molar-refractivity contribution in [1.82, 2.24) is 0 Å². The number of rotatable bonds is 4. The molecule has 0 aliphatic carbocycles. The van der Waals surface area contributed by atoms with E-state index in [0.717, 1.165) is 16.9 Å². The Hall–Kier alpha value is -1.87. The van der Waals surface area contributed by atoms with Gasteiger partial charge < -0.3 is 10.5 Å². The van der Waals surface area contributed by atoms with E-state index in [1.54, 1.807) is 12.1 Å². The average Bonchev–Trinajstić information content (AvgIpc) is 2.38. The van der Waals surface area contributed by atoms with Gasteiger partial charge in [-0.05, 0) is 35.4 Å². The van der Waals surface area contributed by atoms with Gasteiger partial charge in [-0.1, -0.05) is 24.3 Å². The summed E-state index contributed by atoms with van der Waals surface area (Å²) in [5.74, 6) is 0.538. The average molecular weight is 231 g/mol. The second-order valence-electron chi connectivity index (χ2n) is 3.77. The van der Waals surface area contributed by atoms with Crippen molar-refractivity contribution in [1.29, 1.82) is 0 Å². The van der Waals surface area contributed by atoms with Crippen molar-refractivity contribution >= 4 is 0 Å². The van der Waals surface area contributed by atoms with Crippen LogP contribution in [0.25, 0.3) is 0 Å². The highest BCUT2D eigenvalue weighted by Crippen LogP contribution is 2.15. The molecule has 2 aromatic carbocycles. The Morgan fingerprint density at radius 3 is 2.47 bits per heavy atom. The topological polar surface area (TPSA) is 35.2 Å². The van der Waals surface area contributed by atoms with Gasteiger partial charge in [0, 0.05) is 6.54 Å². The molecule has 0 unspecified atom stereocenters. The predicted molar refractivity (Wildman–Crippen MR) is 65.1 cm³/mol. The number of nitrogens with two attached hydrogens (primary N) is 1. The first kappa shape index (κ1) is 11.6. The van der Waals surface area contributed by atoms with Crippen LogP contribution in [0.4, 0.5) is 4.39 Å². The van der Waals surface area contributed by atoms with Crippen LogP contribution in [0.2, 0.25) is 0 Å². The molecule has 0 amide bonds. The molecule has 0 spiro atoms. The Kier molecular flexibility index (Phi) is 3.73. The van der Waals surface area contributed by atoms with Crippen LogP contribution in [0, 0.1) is 5.82 Å². The van der Waals surface area contributed by atoms with Crippen molar-refractivity contribution in [3.05, 3.63) is 65.5 Å². The molecule has 17 heavy (non-hydrogen) atoms. The van der Waals surface area contributed by atoms with E-state index in [-0.39, 0.29) is 5.82 Å². The molecule has 0 atom stereocenters. The Morgan fingerprint density at radius 1 is 1.00 bits per heavy atom. The zero-order valence-electron chi connectivity index (χ0n) is 9.40. The first-order chi connectivity index (χ1) is 8.28. The van der Waals surface area contributed by atoms with Gasteiger partial charge in [0.1, 0.15) is 18.2 Å². The highest BCUT2D eigenvalue weighted by Gasteiger charge is 1.97. The lowest BCUT2D eigenvalue weighted by Gasteiger charge is -2.07. The molecular weight excluding hydrogens is 217 g/mol. The molecule has 0 saturated carbocycles. The summed E-state index contributed by atoms with van der Waals surface area (Å²) in [6, 6.07) is 13.9. The Morgan fingerprint density at radius 2 is 1.76 bits per heavy atom. The molecule has 2 aromatic rings. The maximum atomic E-state index is 12.7. The SMILES string of the molecule is NCc1cccc(OCc2ccc(F)cc2)c1. The van der Waals surface area contributed by atoms with Crippen LogP contribution in [-0.4, -0.2) is 0 Å². The fraction of sp³-hybridized carbons (Fsp3) is 0.143. The normalized spacial score (nSPS) is 10.2. The first-order valence-corrected chi connectivity index (χ1v) is 5.44. The van der Waals surface area contributed by atoms with Crippen molar-refractivity contribution in [2.45, 2.75) is 13.2 Å². The largest absolute Gasteiger partial charge is 0.489 e. The van der Waals surface area contributed by atoms with E-state index in [9.17, 15) is 4.39 Å². The van der Waals surface area contributed by atoms with Crippen molar-refractivity contribution in [2.75, 3.05) is 0 Å². The molecule has 0 fully saturated rings. The van der Waals surface area contributed by atoms with Crippen molar-refractivity contribution < 1.29 is 9.13 Å². The van der Waals surface area contributed by atoms with Gasteiger partial charge in [-0.25, -0.2) is 4.39 Å². The lowest BCUT2D eigenvalue weighted by atomic mass is 10.2. The third-order valence-electron chi connectivity index (χ3n) is 2.45. The van der Waals surface area contributed by atoms with Crippen LogP contribution < -0.4 is 10.5 Å². The maximum absolute atomic E-state index is 12.7. The summed E-state index contributed by atoms with van der Waals surface area (Å²) in [7, 11) is 0. The van der Waals surface area contributed by atoms with Crippen LogP contribution >= 0.6 is 0 Å². The van der Waals surface area contributed by atoms with Gasteiger partial charge in [-0.3, -0.25) is 0 Å². The van der Waals surface area contributed by atoms with Gasteiger partial charge in [0.25, 0.3) is 0 Å². The molecule has 3 heteroatoms. The Bertz CT molecular complexity index is 482. The molecular formula is C14H14FNO. The van der Waals surface area contributed by atoms with E-state index in [4.69, 9.17) is 10.5 Å². The van der Waals surface area contributed by atoms with Crippen LogP contribution in [0.5, 0.6) is 5.75 Å². The summed E-state index contributed by atoms with van der Waals surface area (Å²) in [5, 5.41) is 0. The fourth-order valence-corrected chi connectivity index (χ4v) is 1.51. The molecule has 0 heterocycles. The molecule has 2 N–H and O–H groups in total. The van der Waals surface area contributed by atoms with E-state index < -0.39 is 0 Å². The quantitative estimate of drug-likeness (QED) is 0.878. The lowest BCUT2D eigenvalue weighted by Crippen LogP contribution is -1.98. The monoisotopic (exact) mass is 231 g/mol. The molecule has 0 bridgehead atoms. The summed E-state index contributed by atoms with van der Waals surface area (Å²) in [4.78, 5) is 0. The van der Waals surface area contributed by atoms with Crippen LogP contribution in [0.1, 0.15) is 11.1 Å². The van der Waals surface area contributed by atoms with Gasteiger partial charge in [-0.15, -0.1) is 0 Å². The molecule has 88 valence electrons.